The molecule has 1 aliphatic rings. The molecule has 0 amide bonds. The first kappa shape index (κ1) is 19.1. The average molecular weight is 369 g/mol. The molecule has 2 aromatic rings. The molecule has 0 unspecified atom stereocenters. The first-order valence-corrected chi connectivity index (χ1v) is 9.36. The number of hydrogen-bond acceptors (Lipinski definition) is 3. The second-order valence-corrected chi connectivity index (χ2v) is 6.70. The molecule has 1 saturated heterocycles. The maximum absolute atomic E-state index is 14.6. The normalized spacial score (nSPS) is 15.3. The van der Waals surface area contributed by atoms with Crippen molar-refractivity contribution in [3.8, 4) is 5.75 Å². The van der Waals surface area contributed by atoms with E-state index in [2.05, 4.69) is 11.8 Å². The number of hydrogen-bond donors (Lipinski definition) is 1. The lowest BCUT2D eigenvalue weighted by Crippen LogP contribution is -3.14. The van der Waals surface area contributed by atoms with Gasteiger partial charge in [-0.3, -0.25) is 4.79 Å². The second kappa shape index (κ2) is 8.82. The van der Waals surface area contributed by atoms with Crippen LogP contribution in [0.4, 0.5) is 10.1 Å². The van der Waals surface area contributed by atoms with Gasteiger partial charge in [-0.15, -0.1) is 0 Å². The molecule has 0 saturated carbocycles. The third-order valence-corrected chi connectivity index (χ3v) is 5.10. The first-order chi connectivity index (χ1) is 13.1. The molecule has 1 heterocycles. The number of allylic oxidation sites excluding steroid dienone is 1. The molecule has 4 nitrogen and oxygen atoms in total. The number of halogens is 1. The predicted molar refractivity (Wildman–Crippen MR) is 106 cm³/mol. The summed E-state index contributed by atoms with van der Waals surface area (Å²) in [5.74, 6) is 0.120. The average Bonchev–Trinajstić information content (AvgIpc) is 2.72. The van der Waals surface area contributed by atoms with Gasteiger partial charge in [-0.05, 0) is 43.3 Å². The number of likely N-dealkylation sites (N-methyl/N-ethyl adjacent to an activating group) is 1. The Kier molecular flexibility index (Phi) is 6.24. The Morgan fingerprint density at radius 2 is 1.96 bits per heavy atom. The highest BCUT2D eigenvalue weighted by atomic mass is 19.1. The molecule has 0 aromatic heterocycles. The van der Waals surface area contributed by atoms with Gasteiger partial charge in [0.2, 0.25) is 0 Å². The van der Waals surface area contributed by atoms with E-state index in [1.165, 1.54) is 12.1 Å². The van der Waals surface area contributed by atoms with E-state index in [1.807, 2.05) is 24.3 Å². The van der Waals surface area contributed by atoms with Crippen LogP contribution in [0.3, 0.4) is 0 Å². The highest BCUT2D eigenvalue weighted by molar-refractivity contribution is 6.07. The number of benzene rings is 2. The van der Waals surface area contributed by atoms with Gasteiger partial charge in [0.15, 0.2) is 5.78 Å². The van der Waals surface area contributed by atoms with Crippen molar-refractivity contribution in [1.29, 1.82) is 0 Å². The number of quaternary nitrogens is 1. The summed E-state index contributed by atoms with van der Waals surface area (Å²) in [6.45, 7) is 6.96. The molecule has 2 aromatic carbocycles. The van der Waals surface area contributed by atoms with Gasteiger partial charge in [-0.2, -0.15) is 0 Å². The van der Waals surface area contributed by atoms with Gasteiger partial charge in [0, 0.05) is 11.1 Å². The maximum Gasteiger partial charge on any atom is 0.185 e. The number of nitrogens with zero attached hydrogens (tertiary/aromatic N) is 1. The van der Waals surface area contributed by atoms with Crippen LogP contribution < -0.4 is 14.5 Å². The molecule has 3 rings (SSSR count). The van der Waals surface area contributed by atoms with Crippen LogP contribution in [0.15, 0.2) is 48.5 Å². The number of ketones is 1. The van der Waals surface area contributed by atoms with Crippen LogP contribution in [-0.4, -0.2) is 45.6 Å². The molecule has 1 fully saturated rings. The van der Waals surface area contributed by atoms with Crippen LogP contribution in [0.2, 0.25) is 0 Å². The molecule has 1 aliphatic heterocycles. The fourth-order valence-electron chi connectivity index (χ4n) is 3.40. The Bertz CT molecular complexity index is 827. The van der Waals surface area contributed by atoms with Gasteiger partial charge in [-0.1, -0.05) is 18.2 Å². The number of anilines is 1. The molecule has 5 heteroatoms. The van der Waals surface area contributed by atoms with E-state index in [0.717, 1.165) is 38.3 Å². The molecule has 0 atom stereocenters. The molecular formula is C22H26FN2O2+. The number of methoxy groups -OCH3 is 1. The lowest BCUT2D eigenvalue weighted by Gasteiger charge is -2.33. The minimum absolute atomic E-state index is 0.230. The zero-order valence-electron chi connectivity index (χ0n) is 15.9. The van der Waals surface area contributed by atoms with Crippen molar-refractivity contribution in [3.05, 3.63) is 65.5 Å². The van der Waals surface area contributed by atoms with Crippen LogP contribution in [0.25, 0.3) is 6.08 Å². The van der Waals surface area contributed by atoms with Crippen molar-refractivity contribution in [1.82, 2.24) is 0 Å². The van der Waals surface area contributed by atoms with Crippen molar-refractivity contribution in [2.45, 2.75) is 6.92 Å². The van der Waals surface area contributed by atoms with E-state index in [4.69, 9.17) is 4.74 Å². The summed E-state index contributed by atoms with van der Waals surface area (Å²) in [5, 5.41) is 0. The minimum Gasteiger partial charge on any atom is -0.496 e. The molecular weight excluding hydrogens is 343 g/mol. The zero-order valence-corrected chi connectivity index (χ0v) is 15.9. The van der Waals surface area contributed by atoms with Gasteiger partial charge in [0.25, 0.3) is 0 Å². The summed E-state index contributed by atoms with van der Waals surface area (Å²) in [6, 6.07) is 12.2. The summed E-state index contributed by atoms with van der Waals surface area (Å²) in [6.07, 6.45) is 3.15. The largest absolute Gasteiger partial charge is 0.496 e. The second-order valence-electron chi connectivity index (χ2n) is 6.70. The number of carbonyl (C=O) groups is 1. The molecule has 0 radical (unpaired) electrons. The van der Waals surface area contributed by atoms with Crippen molar-refractivity contribution < 1.29 is 18.8 Å². The van der Waals surface area contributed by atoms with E-state index in [-0.39, 0.29) is 11.6 Å². The van der Waals surface area contributed by atoms with Gasteiger partial charge >= 0.3 is 0 Å². The van der Waals surface area contributed by atoms with E-state index < -0.39 is 0 Å². The zero-order chi connectivity index (χ0) is 19.2. The first-order valence-electron chi connectivity index (χ1n) is 9.36. The third kappa shape index (κ3) is 4.55. The Labute approximate surface area is 159 Å². The fraction of sp³-hybridized carbons (Fsp3) is 0.318. The Morgan fingerprint density at radius 3 is 2.63 bits per heavy atom. The summed E-state index contributed by atoms with van der Waals surface area (Å²) in [4.78, 5) is 16.0. The van der Waals surface area contributed by atoms with Gasteiger partial charge in [0.05, 0.1) is 45.5 Å². The summed E-state index contributed by atoms with van der Waals surface area (Å²) in [7, 11) is 1.59. The summed E-state index contributed by atoms with van der Waals surface area (Å²) >= 11 is 0. The van der Waals surface area contributed by atoms with Crippen molar-refractivity contribution >= 4 is 17.5 Å². The van der Waals surface area contributed by atoms with E-state index in [1.54, 1.807) is 30.2 Å². The Hall–Kier alpha value is -2.66. The number of ether oxygens (including phenoxy) is 1. The summed E-state index contributed by atoms with van der Waals surface area (Å²) < 4.78 is 19.9. The van der Waals surface area contributed by atoms with Crippen LogP contribution in [0, 0.1) is 5.82 Å². The standard InChI is InChI=1S/C22H25FN2O2/c1-3-24-12-14-25(15-13-24)20-10-8-18(16-19(20)23)21(26)11-9-17-6-4-5-7-22(17)27-2/h4-11,16H,3,12-15H2,1-2H3/p+1/b11-9+. The SMILES string of the molecule is CC[NH+]1CCN(c2ccc(C(=O)/C=C/c3ccccc3OC)cc2F)CC1. The van der Waals surface area contributed by atoms with Crippen molar-refractivity contribution in [2.24, 2.45) is 0 Å². The summed E-state index contributed by atoms with van der Waals surface area (Å²) in [5.41, 5.74) is 1.73. The quantitative estimate of drug-likeness (QED) is 0.627. The van der Waals surface area contributed by atoms with Gasteiger partial charge < -0.3 is 14.5 Å². The molecule has 27 heavy (non-hydrogen) atoms. The van der Waals surface area contributed by atoms with E-state index >= 15 is 0 Å². The lowest BCUT2D eigenvalue weighted by atomic mass is 10.1. The maximum atomic E-state index is 14.6. The van der Waals surface area contributed by atoms with Crippen LogP contribution in [-0.2, 0) is 0 Å². The monoisotopic (exact) mass is 369 g/mol. The molecule has 1 N–H and O–H groups in total. The Morgan fingerprint density at radius 1 is 1.22 bits per heavy atom. The number of para-hydroxylation sites is 1. The molecule has 0 spiro atoms. The van der Waals surface area contributed by atoms with Crippen LogP contribution in [0.1, 0.15) is 22.8 Å². The highest BCUT2D eigenvalue weighted by Crippen LogP contribution is 2.22. The third-order valence-electron chi connectivity index (χ3n) is 5.10. The molecule has 0 bridgehead atoms. The van der Waals surface area contributed by atoms with Crippen molar-refractivity contribution in [3.63, 3.8) is 0 Å². The van der Waals surface area contributed by atoms with Gasteiger partial charge in [0.1, 0.15) is 11.6 Å². The number of piperazine rings is 1. The van der Waals surface area contributed by atoms with Crippen molar-refractivity contribution in [2.75, 3.05) is 44.7 Å². The van der Waals surface area contributed by atoms with Crippen LogP contribution in [0.5, 0.6) is 5.75 Å². The van der Waals surface area contributed by atoms with E-state index in [9.17, 15) is 9.18 Å². The topological polar surface area (TPSA) is 34.0 Å². The Balaban J connectivity index is 1.71. The van der Waals surface area contributed by atoms with E-state index in [0.29, 0.717) is 17.0 Å². The molecule has 0 aliphatic carbocycles. The lowest BCUT2D eigenvalue weighted by molar-refractivity contribution is -0.898. The highest BCUT2D eigenvalue weighted by Gasteiger charge is 2.21. The number of carbonyl (C=O) groups excluding carboxylic acids is 1. The smallest absolute Gasteiger partial charge is 0.185 e. The van der Waals surface area contributed by atoms with Crippen LogP contribution >= 0.6 is 0 Å². The number of nitrogens with one attached hydrogen (secondary N) is 1. The minimum atomic E-state index is -0.341. The predicted octanol–water partition coefficient (Wildman–Crippen LogP) is 2.46. The van der Waals surface area contributed by atoms with Gasteiger partial charge in [-0.25, -0.2) is 4.39 Å². The number of rotatable bonds is 6. The molecule has 142 valence electrons. The fourth-order valence-corrected chi connectivity index (χ4v) is 3.40.